The van der Waals surface area contributed by atoms with Gasteiger partial charge >= 0.3 is 0 Å². The Morgan fingerprint density at radius 2 is 1.71 bits per heavy atom. The van der Waals surface area contributed by atoms with Gasteiger partial charge in [-0.3, -0.25) is 14.5 Å². The lowest BCUT2D eigenvalue weighted by Crippen LogP contribution is -2.28. The first-order valence-corrected chi connectivity index (χ1v) is 11.7. The van der Waals surface area contributed by atoms with Gasteiger partial charge in [-0.1, -0.05) is 42.0 Å². The highest BCUT2D eigenvalue weighted by Gasteiger charge is 2.27. The van der Waals surface area contributed by atoms with Crippen molar-refractivity contribution >= 4 is 38.2 Å². The Kier molecular flexibility index (Phi) is 4.98. The number of aromatic nitrogens is 4. The van der Waals surface area contributed by atoms with Gasteiger partial charge in [0, 0.05) is 24.7 Å². The molecule has 0 spiro atoms. The SMILES string of the molecule is Cc1ccc(S(=O)(=O)N(C)c2nc3ccccc3n3c(-c4cccc([N+](=O)[O-])c4)nnc23)cc1. The molecule has 0 unspecified atom stereocenters. The van der Waals surface area contributed by atoms with Crippen LogP contribution in [-0.2, 0) is 10.0 Å². The van der Waals surface area contributed by atoms with Crippen molar-refractivity contribution < 1.29 is 13.3 Å². The van der Waals surface area contributed by atoms with Crippen molar-refractivity contribution in [2.75, 3.05) is 11.4 Å². The molecule has 0 aliphatic carbocycles. The van der Waals surface area contributed by atoms with Gasteiger partial charge in [-0.2, -0.15) is 0 Å². The maximum absolute atomic E-state index is 13.4. The molecule has 0 aliphatic heterocycles. The number of non-ortho nitro benzene ring substituents is 1. The van der Waals surface area contributed by atoms with E-state index in [2.05, 4.69) is 15.2 Å². The molecule has 0 radical (unpaired) electrons. The van der Waals surface area contributed by atoms with Crippen molar-refractivity contribution in [1.82, 2.24) is 19.6 Å². The molecule has 0 amide bonds. The Bertz CT molecular complexity index is 1680. The Morgan fingerprint density at radius 1 is 0.971 bits per heavy atom. The highest BCUT2D eigenvalue weighted by molar-refractivity contribution is 7.92. The van der Waals surface area contributed by atoms with Crippen molar-refractivity contribution in [1.29, 1.82) is 0 Å². The molecule has 3 aromatic carbocycles. The Balaban J connectivity index is 1.77. The summed E-state index contributed by atoms with van der Waals surface area (Å²) in [7, 11) is -2.53. The van der Waals surface area contributed by atoms with E-state index in [4.69, 9.17) is 0 Å². The summed E-state index contributed by atoms with van der Waals surface area (Å²) >= 11 is 0. The van der Waals surface area contributed by atoms with Crippen molar-refractivity contribution in [2.24, 2.45) is 0 Å². The van der Waals surface area contributed by atoms with Crippen LogP contribution in [0.4, 0.5) is 11.5 Å². The van der Waals surface area contributed by atoms with Gasteiger partial charge in [-0.25, -0.2) is 17.7 Å². The first-order chi connectivity index (χ1) is 16.3. The number of benzene rings is 3. The van der Waals surface area contributed by atoms with Crippen molar-refractivity contribution in [3.8, 4) is 11.4 Å². The van der Waals surface area contributed by atoms with Gasteiger partial charge in [0.1, 0.15) is 0 Å². The molecule has 0 saturated carbocycles. The fraction of sp³-hybridized carbons (Fsp3) is 0.0870. The van der Waals surface area contributed by atoms with Crippen LogP contribution < -0.4 is 4.31 Å². The van der Waals surface area contributed by atoms with Crippen LogP contribution in [0.15, 0.2) is 77.7 Å². The van der Waals surface area contributed by atoms with E-state index in [1.807, 2.05) is 13.0 Å². The quantitative estimate of drug-likeness (QED) is 0.279. The molecular weight excluding hydrogens is 456 g/mol. The van der Waals surface area contributed by atoms with Crippen LogP contribution in [0.3, 0.4) is 0 Å². The second kappa shape index (κ2) is 7.89. The van der Waals surface area contributed by atoms with Crippen LogP contribution in [0.5, 0.6) is 0 Å². The van der Waals surface area contributed by atoms with E-state index >= 15 is 0 Å². The van der Waals surface area contributed by atoms with Crippen LogP contribution >= 0.6 is 0 Å². The minimum atomic E-state index is -3.94. The molecule has 170 valence electrons. The largest absolute Gasteiger partial charge is 0.270 e. The molecule has 0 N–H and O–H groups in total. The highest BCUT2D eigenvalue weighted by atomic mass is 32.2. The number of fused-ring (bicyclic) bond motifs is 3. The molecule has 0 aliphatic rings. The number of hydrogen-bond donors (Lipinski definition) is 0. The van der Waals surface area contributed by atoms with Crippen molar-refractivity contribution in [3.63, 3.8) is 0 Å². The number of nitrogens with zero attached hydrogens (tertiary/aromatic N) is 6. The topological polar surface area (TPSA) is 124 Å². The molecule has 5 rings (SSSR count). The molecule has 0 atom stereocenters. The highest BCUT2D eigenvalue weighted by Crippen LogP contribution is 2.31. The first kappa shape index (κ1) is 21.5. The minimum absolute atomic E-state index is 0.0865. The lowest BCUT2D eigenvalue weighted by Gasteiger charge is -2.20. The number of anilines is 1. The summed E-state index contributed by atoms with van der Waals surface area (Å²) in [6.07, 6.45) is 0. The fourth-order valence-electron chi connectivity index (χ4n) is 3.71. The van der Waals surface area contributed by atoms with Crippen LogP contribution in [0.1, 0.15) is 5.56 Å². The van der Waals surface area contributed by atoms with Crippen LogP contribution in [-0.4, -0.2) is 40.0 Å². The summed E-state index contributed by atoms with van der Waals surface area (Å²) in [6, 6.07) is 19.7. The van der Waals surface area contributed by atoms with Crippen LogP contribution in [0, 0.1) is 17.0 Å². The second-order valence-corrected chi connectivity index (χ2v) is 9.67. The molecule has 10 nitrogen and oxygen atoms in total. The summed E-state index contributed by atoms with van der Waals surface area (Å²) in [6.45, 7) is 1.88. The van der Waals surface area contributed by atoms with E-state index in [1.165, 1.54) is 31.3 Å². The predicted octanol–water partition coefficient (Wildman–Crippen LogP) is 3.99. The molecule has 11 heteroatoms. The van der Waals surface area contributed by atoms with E-state index in [0.29, 0.717) is 22.4 Å². The van der Waals surface area contributed by atoms with E-state index in [0.717, 1.165) is 9.87 Å². The molecule has 34 heavy (non-hydrogen) atoms. The maximum Gasteiger partial charge on any atom is 0.270 e. The normalized spacial score (nSPS) is 11.7. The number of para-hydroxylation sites is 2. The van der Waals surface area contributed by atoms with Gasteiger partial charge in [-0.15, -0.1) is 10.2 Å². The Morgan fingerprint density at radius 3 is 2.44 bits per heavy atom. The lowest BCUT2D eigenvalue weighted by atomic mass is 10.2. The second-order valence-electron chi connectivity index (χ2n) is 7.70. The third-order valence-electron chi connectivity index (χ3n) is 5.50. The van der Waals surface area contributed by atoms with E-state index in [-0.39, 0.29) is 22.0 Å². The zero-order valence-electron chi connectivity index (χ0n) is 18.2. The van der Waals surface area contributed by atoms with Gasteiger partial charge in [0.25, 0.3) is 15.7 Å². The number of rotatable bonds is 5. The lowest BCUT2D eigenvalue weighted by molar-refractivity contribution is -0.384. The number of nitro benzene ring substituents is 1. The van der Waals surface area contributed by atoms with E-state index in [1.54, 1.807) is 46.9 Å². The zero-order valence-corrected chi connectivity index (χ0v) is 19.0. The molecule has 5 aromatic rings. The monoisotopic (exact) mass is 474 g/mol. The number of aryl methyl sites for hydroxylation is 1. The van der Waals surface area contributed by atoms with Gasteiger partial charge in [0.05, 0.1) is 20.9 Å². The molecular formula is C23H18N6O4S. The minimum Gasteiger partial charge on any atom is -0.270 e. The summed E-state index contributed by atoms with van der Waals surface area (Å²) in [5.41, 5.74) is 2.67. The van der Waals surface area contributed by atoms with Crippen molar-refractivity contribution in [3.05, 3.63) is 88.5 Å². The van der Waals surface area contributed by atoms with Gasteiger partial charge < -0.3 is 0 Å². The zero-order chi connectivity index (χ0) is 24.0. The van der Waals surface area contributed by atoms with Gasteiger partial charge in [0.2, 0.25) is 5.65 Å². The summed E-state index contributed by atoms with van der Waals surface area (Å²) in [5, 5.41) is 19.8. The summed E-state index contributed by atoms with van der Waals surface area (Å²) < 4.78 is 29.5. The van der Waals surface area contributed by atoms with Crippen LogP contribution in [0.2, 0.25) is 0 Å². The van der Waals surface area contributed by atoms with Crippen molar-refractivity contribution in [2.45, 2.75) is 11.8 Å². The van der Waals surface area contributed by atoms with Crippen LogP contribution in [0.25, 0.3) is 28.1 Å². The van der Waals surface area contributed by atoms with E-state index < -0.39 is 14.9 Å². The van der Waals surface area contributed by atoms with Gasteiger partial charge in [-0.05, 0) is 31.2 Å². The predicted molar refractivity (Wildman–Crippen MR) is 127 cm³/mol. The summed E-state index contributed by atoms with van der Waals surface area (Å²) in [5.74, 6) is 0.420. The average Bonchev–Trinajstić information content (AvgIpc) is 3.29. The fourth-order valence-corrected chi connectivity index (χ4v) is 4.85. The molecule has 2 heterocycles. The Labute approximate surface area is 194 Å². The average molecular weight is 475 g/mol. The Hall–Kier alpha value is -4.38. The molecule has 2 aromatic heterocycles. The molecule has 0 bridgehead atoms. The molecule has 0 fully saturated rings. The number of sulfonamides is 1. The third-order valence-corrected chi connectivity index (χ3v) is 7.27. The number of hydrogen-bond acceptors (Lipinski definition) is 7. The third kappa shape index (κ3) is 3.42. The van der Waals surface area contributed by atoms with E-state index in [9.17, 15) is 18.5 Å². The smallest absolute Gasteiger partial charge is 0.270 e. The first-order valence-electron chi connectivity index (χ1n) is 10.2. The molecule has 0 saturated heterocycles. The van der Waals surface area contributed by atoms with Gasteiger partial charge in [0.15, 0.2) is 11.6 Å². The maximum atomic E-state index is 13.4. The summed E-state index contributed by atoms with van der Waals surface area (Å²) in [4.78, 5) is 15.5. The number of nitro groups is 1. The standard InChI is InChI=1S/C23H18N6O4S/c1-15-10-12-18(13-11-15)34(32,33)27(2)22-23-26-25-21(16-6-5-7-17(14-16)29(30)31)28(23)20-9-4-3-8-19(20)24-22/h3-14H,1-2H3.